The monoisotopic (exact) mass is 390 g/mol. The molecule has 0 aliphatic carbocycles. The van der Waals surface area contributed by atoms with E-state index < -0.39 is 5.97 Å². The van der Waals surface area contributed by atoms with E-state index in [4.69, 9.17) is 9.47 Å². The van der Waals surface area contributed by atoms with E-state index in [0.717, 1.165) is 11.3 Å². The van der Waals surface area contributed by atoms with Gasteiger partial charge < -0.3 is 9.47 Å². The van der Waals surface area contributed by atoms with E-state index in [2.05, 4.69) is 5.10 Å². The minimum absolute atomic E-state index is 0.0362. The SMILES string of the molecule is COCCOC(=O)/C(=C/c1cn(-c2ccccc2)nc1-c1ccccc1)C(C)=O. The Balaban J connectivity index is 2.06. The zero-order chi connectivity index (χ0) is 20.6. The highest BCUT2D eigenvalue weighted by Crippen LogP contribution is 2.26. The smallest absolute Gasteiger partial charge is 0.341 e. The molecule has 3 aromatic rings. The molecule has 3 rings (SSSR count). The maximum Gasteiger partial charge on any atom is 0.341 e. The third kappa shape index (κ3) is 5.06. The van der Waals surface area contributed by atoms with Crippen LogP contribution in [0.2, 0.25) is 0 Å². The van der Waals surface area contributed by atoms with Crippen LogP contribution < -0.4 is 0 Å². The number of methoxy groups -OCH3 is 1. The highest BCUT2D eigenvalue weighted by Gasteiger charge is 2.19. The van der Waals surface area contributed by atoms with Crippen molar-refractivity contribution in [2.24, 2.45) is 0 Å². The molecule has 0 aliphatic rings. The van der Waals surface area contributed by atoms with E-state index in [1.165, 1.54) is 20.1 Å². The Morgan fingerprint density at radius 3 is 2.28 bits per heavy atom. The van der Waals surface area contributed by atoms with Crippen molar-refractivity contribution in [3.8, 4) is 16.9 Å². The van der Waals surface area contributed by atoms with Crippen molar-refractivity contribution < 1.29 is 19.1 Å². The Labute approximate surface area is 169 Å². The fourth-order valence-corrected chi connectivity index (χ4v) is 2.78. The van der Waals surface area contributed by atoms with Crippen LogP contribution in [0.4, 0.5) is 0 Å². The number of hydrogen-bond acceptors (Lipinski definition) is 5. The number of ether oxygens (including phenoxy) is 2. The lowest BCUT2D eigenvalue weighted by Crippen LogP contribution is -2.16. The Kier molecular flexibility index (Phi) is 6.71. The predicted octanol–water partition coefficient (Wildman–Crippen LogP) is 3.70. The molecule has 0 unspecified atom stereocenters. The summed E-state index contributed by atoms with van der Waals surface area (Å²) in [5.74, 6) is -1.06. The number of carbonyl (C=O) groups is 2. The molecule has 6 heteroatoms. The molecule has 0 saturated heterocycles. The molecule has 0 N–H and O–H groups in total. The summed E-state index contributed by atoms with van der Waals surface area (Å²) < 4.78 is 11.7. The van der Waals surface area contributed by atoms with Gasteiger partial charge in [-0.15, -0.1) is 0 Å². The number of para-hydroxylation sites is 1. The zero-order valence-electron chi connectivity index (χ0n) is 16.4. The van der Waals surface area contributed by atoms with Crippen LogP contribution in [0.5, 0.6) is 0 Å². The summed E-state index contributed by atoms with van der Waals surface area (Å²) >= 11 is 0. The van der Waals surface area contributed by atoms with Crippen LogP contribution >= 0.6 is 0 Å². The second-order valence-electron chi connectivity index (χ2n) is 6.32. The fourth-order valence-electron chi connectivity index (χ4n) is 2.78. The number of carbonyl (C=O) groups excluding carboxylic acids is 2. The molecule has 6 nitrogen and oxygen atoms in total. The zero-order valence-corrected chi connectivity index (χ0v) is 16.4. The molecule has 0 fully saturated rings. The molecule has 0 saturated carbocycles. The van der Waals surface area contributed by atoms with Gasteiger partial charge in [0.05, 0.1) is 18.0 Å². The van der Waals surface area contributed by atoms with Gasteiger partial charge in [-0.2, -0.15) is 5.10 Å². The lowest BCUT2D eigenvalue weighted by molar-refractivity contribution is -0.141. The maximum absolute atomic E-state index is 12.4. The van der Waals surface area contributed by atoms with Crippen LogP contribution in [-0.4, -0.2) is 41.9 Å². The van der Waals surface area contributed by atoms with Crippen molar-refractivity contribution in [2.45, 2.75) is 6.92 Å². The van der Waals surface area contributed by atoms with Crippen molar-refractivity contribution >= 4 is 17.8 Å². The average molecular weight is 390 g/mol. The minimum atomic E-state index is -0.680. The normalized spacial score (nSPS) is 11.3. The first-order chi connectivity index (χ1) is 14.1. The molecule has 0 aliphatic heterocycles. The summed E-state index contributed by atoms with van der Waals surface area (Å²) in [5, 5.41) is 4.69. The van der Waals surface area contributed by atoms with Gasteiger partial charge in [-0.05, 0) is 25.1 Å². The summed E-state index contributed by atoms with van der Waals surface area (Å²) in [6.45, 7) is 1.68. The summed E-state index contributed by atoms with van der Waals surface area (Å²) in [6, 6.07) is 19.2. The number of nitrogens with zero attached hydrogens (tertiary/aromatic N) is 2. The molecule has 1 heterocycles. The van der Waals surface area contributed by atoms with Gasteiger partial charge in [0, 0.05) is 24.4 Å². The molecular weight excluding hydrogens is 368 g/mol. The van der Waals surface area contributed by atoms with Crippen LogP contribution in [0.15, 0.2) is 72.4 Å². The van der Waals surface area contributed by atoms with Gasteiger partial charge in [0.2, 0.25) is 0 Å². The van der Waals surface area contributed by atoms with E-state index in [-0.39, 0.29) is 24.6 Å². The molecule has 1 aromatic heterocycles. The number of ketones is 1. The second-order valence-corrected chi connectivity index (χ2v) is 6.32. The van der Waals surface area contributed by atoms with Crippen molar-refractivity contribution in [2.75, 3.05) is 20.3 Å². The average Bonchev–Trinajstić information content (AvgIpc) is 3.17. The Morgan fingerprint density at radius 1 is 1.00 bits per heavy atom. The summed E-state index contributed by atoms with van der Waals surface area (Å²) in [4.78, 5) is 24.5. The molecule has 0 amide bonds. The van der Waals surface area contributed by atoms with Crippen LogP contribution in [0.1, 0.15) is 12.5 Å². The van der Waals surface area contributed by atoms with E-state index >= 15 is 0 Å². The van der Waals surface area contributed by atoms with Crippen molar-refractivity contribution in [3.05, 3.63) is 78.0 Å². The van der Waals surface area contributed by atoms with Crippen molar-refractivity contribution in [3.63, 3.8) is 0 Å². The number of benzene rings is 2. The fraction of sp³-hybridized carbons (Fsp3) is 0.174. The van der Waals surface area contributed by atoms with Crippen LogP contribution in [0, 0.1) is 0 Å². The Bertz CT molecular complexity index is 1010. The number of hydrogen-bond donors (Lipinski definition) is 0. The van der Waals surface area contributed by atoms with Gasteiger partial charge >= 0.3 is 5.97 Å². The standard InChI is InChI=1S/C23H22N2O4/c1-17(26)21(23(27)29-14-13-28-2)15-19-16-25(20-11-7-4-8-12-20)24-22(19)18-9-5-3-6-10-18/h3-12,15-16H,13-14H2,1-2H3/b21-15+. The second kappa shape index (κ2) is 9.61. The third-order valence-electron chi connectivity index (χ3n) is 4.23. The van der Waals surface area contributed by atoms with Crippen molar-refractivity contribution in [1.29, 1.82) is 0 Å². The Hall–Kier alpha value is -3.51. The topological polar surface area (TPSA) is 70.4 Å². The molecule has 0 spiro atoms. The van der Waals surface area contributed by atoms with Crippen LogP contribution in [0.25, 0.3) is 23.0 Å². The molecular formula is C23H22N2O4. The van der Waals surface area contributed by atoms with Crippen LogP contribution in [-0.2, 0) is 19.1 Å². The van der Waals surface area contributed by atoms with Crippen LogP contribution in [0.3, 0.4) is 0 Å². The van der Waals surface area contributed by atoms with Crippen molar-refractivity contribution in [1.82, 2.24) is 9.78 Å². The summed E-state index contributed by atoms with van der Waals surface area (Å²) in [7, 11) is 1.51. The first kappa shape index (κ1) is 20.2. The quantitative estimate of drug-likeness (QED) is 0.193. The lowest BCUT2D eigenvalue weighted by Gasteiger charge is -2.06. The van der Waals surface area contributed by atoms with E-state index in [1.807, 2.05) is 60.7 Å². The molecule has 0 bridgehead atoms. The number of rotatable bonds is 8. The first-order valence-electron chi connectivity index (χ1n) is 9.19. The molecule has 0 atom stereocenters. The van der Waals surface area contributed by atoms with Gasteiger partial charge in [0.15, 0.2) is 5.78 Å². The minimum Gasteiger partial charge on any atom is -0.460 e. The van der Waals surface area contributed by atoms with E-state index in [1.54, 1.807) is 10.9 Å². The predicted molar refractivity (Wildman–Crippen MR) is 110 cm³/mol. The maximum atomic E-state index is 12.4. The highest BCUT2D eigenvalue weighted by molar-refractivity contribution is 6.20. The molecule has 0 radical (unpaired) electrons. The number of esters is 1. The third-order valence-corrected chi connectivity index (χ3v) is 4.23. The lowest BCUT2D eigenvalue weighted by atomic mass is 10.0. The molecule has 2 aromatic carbocycles. The van der Waals surface area contributed by atoms with Gasteiger partial charge in [0.25, 0.3) is 0 Å². The van der Waals surface area contributed by atoms with Gasteiger partial charge in [-0.25, -0.2) is 9.48 Å². The largest absolute Gasteiger partial charge is 0.460 e. The first-order valence-corrected chi connectivity index (χ1v) is 9.19. The Morgan fingerprint density at radius 2 is 1.66 bits per heavy atom. The van der Waals surface area contributed by atoms with Gasteiger partial charge in [-0.3, -0.25) is 4.79 Å². The van der Waals surface area contributed by atoms with Gasteiger partial charge in [0.1, 0.15) is 12.2 Å². The van der Waals surface area contributed by atoms with Gasteiger partial charge in [-0.1, -0.05) is 48.5 Å². The molecule has 148 valence electrons. The number of Topliss-reactive ketones (excluding diaryl/α,β-unsaturated/α-hetero) is 1. The van der Waals surface area contributed by atoms with E-state index in [9.17, 15) is 9.59 Å². The highest BCUT2D eigenvalue weighted by atomic mass is 16.6. The van der Waals surface area contributed by atoms with E-state index in [0.29, 0.717) is 11.3 Å². The number of aromatic nitrogens is 2. The molecule has 29 heavy (non-hydrogen) atoms. The summed E-state index contributed by atoms with van der Waals surface area (Å²) in [6.07, 6.45) is 3.33. The summed E-state index contributed by atoms with van der Waals surface area (Å²) in [5.41, 5.74) is 3.03.